The lowest BCUT2D eigenvalue weighted by atomic mass is 9.86. The fraction of sp³-hybridized carbons (Fsp3) is 0.520. The number of fused-ring (bicyclic) bond motifs is 1. The quantitative estimate of drug-likeness (QED) is 0.295. The van der Waals surface area contributed by atoms with Crippen LogP contribution in [0.5, 0.6) is 0 Å². The Morgan fingerprint density at radius 3 is 2.69 bits per heavy atom. The molecule has 0 bridgehead atoms. The fourth-order valence-corrected chi connectivity index (χ4v) is 5.69. The number of hydrogen-bond donors (Lipinski definition) is 6. The summed E-state index contributed by atoms with van der Waals surface area (Å²) in [5.41, 5.74) is 10.0. The van der Waals surface area contributed by atoms with Crippen LogP contribution in [-0.4, -0.2) is 104 Å². The largest absolute Gasteiger partial charge is 0.394 e. The number of aliphatic hydroxyl groups is 3. The number of nitrogens with one attached hydrogen (secondary N) is 2. The highest BCUT2D eigenvalue weighted by molar-refractivity contribution is 6.48. The highest BCUT2D eigenvalue weighted by atomic mass is 16.6. The third kappa shape index (κ3) is 4.58. The number of rotatable bonds is 4. The number of ether oxygens (including phenoxy) is 1. The van der Waals surface area contributed by atoms with Gasteiger partial charge in [0.05, 0.1) is 13.2 Å². The molecular weight excluding hydrogens is 506 g/mol. The van der Waals surface area contributed by atoms with E-state index in [2.05, 4.69) is 15.8 Å². The van der Waals surface area contributed by atoms with Crippen molar-refractivity contribution in [3.63, 3.8) is 0 Å². The molecule has 1 aromatic carbocycles. The lowest BCUT2D eigenvalue weighted by Crippen LogP contribution is -2.62. The van der Waals surface area contributed by atoms with Crippen molar-refractivity contribution < 1.29 is 24.9 Å². The van der Waals surface area contributed by atoms with Gasteiger partial charge in [-0.05, 0) is 31.1 Å². The maximum absolute atomic E-state index is 12.9. The van der Waals surface area contributed by atoms with Crippen LogP contribution in [0.25, 0.3) is 0 Å². The van der Waals surface area contributed by atoms with Crippen LogP contribution in [0.3, 0.4) is 0 Å². The number of aliphatic hydroxyl groups excluding tert-OH is 3. The average molecular weight is 540 g/mol. The molecule has 5 aliphatic rings. The van der Waals surface area contributed by atoms with Crippen LogP contribution in [0.15, 0.2) is 57.6 Å². The van der Waals surface area contributed by atoms with Crippen LogP contribution in [0.2, 0.25) is 0 Å². The number of hydrogen-bond acceptors (Lipinski definition) is 12. The molecule has 1 aliphatic carbocycles. The monoisotopic (exact) mass is 539 g/mol. The molecule has 2 amide bonds. The SMILES string of the molecule is NC1(C2CCCC2)N=C(N2C=CCN(C(=O)Nc3ccccc3)N2)N=C2C1=NCN2[C@@H]1O[C@H](CO)[C@@H](O)[C@H]1O. The lowest BCUT2D eigenvalue weighted by molar-refractivity contribution is -0.0688. The highest BCUT2D eigenvalue weighted by Gasteiger charge is 2.53. The first kappa shape index (κ1) is 25.9. The summed E-state index contributed by atoms with van der Waals surface area (Å²) in [5, 5.41) is 36.4. The van der Waals surface area contributed by atoms with Crippen molar-refractivity contribution in [2.75, 3.05) is 25.1 Å². The summed E-state index contributed by atoms with van der Waals surface area (Å²) in [6, 6.07) is 8.76. The topological polar surface area (TPSA) is 184 Å². The first-order chi connectivity index (χ1) is 18.9. The summed E-state index contributed by atoms with van der Waals surface area (Å²) in [6.45, 7) is -0.0391. The summed E-state index contributed by atoms with van der Waals surface area (Å²) in [7, 11) is 0. The number of carbonyl (C=O) groups is 1. The molecule has 1 saturated heterocycles. The van der Waals surface area contributed by atoms with Gasteiger partial charge in [-0.15, -0.1) is 5.53 Å². The van der Waals surface area contributed by atoms with Gasteiger partial charge in [0.15, 0.2) is 17.7 Å². The predicted octanol–water partition coefficient (Wildman–Crippen LogP) is -0.464. The van der Waals surface area contributed by atoms with Gasteiger partial charge >= 0.3 is 6.03 Å². The third-order valence-electron chi connectivity index (χ3n) is 7.79. The van der Waals surface area contributed by atoms with E-state index in [9.17, 15) is 20.1 Å². The van der Waals surface area contributed by atoms with E-state index in [1.807, 2.05) is 18.2 Å². The molecule has 0 radical (unpaired) electrons. The van der Waals surface area contributed by atoms with Crippen LogP contribution >= 0.6 is 0 Å². The summed E-state index contributed by atoms with van der Waals surface area (Å²) in [4.78, 5) is 28.9. The molecule has 7 N–H and O–H groups in total. The number of guanidine groups is 1. The zero-order valence-electron chi connectivity index (χ0n) is 21.3. The van der Waals surface area contributed by atoms with Crippen LogP contribution in [0.4, 0.5) is 10.5 Å². The molecule has 1 saturated carbocycles. The minimum Gasteiger partial charge on any atom is -0.394 e. The molecule has 4 aliphatic heterocycles. The number of urea groups is 1. The van der Waals surface area contributed by atoms with Crippen molar-refractivity contribution in [2.24, 2.45) is 26.6 Å². The molecule has 1 aromatic rings. The number of amidine groups is 1. The molecule has 14 nitrogen and oxygen atoms in total. The number of hydrazine groups is 2. The second-order valence-electron chi connectivity index (χ2n) is 10.3. The molecule has 6 rings (SSSR count). The second-order valence-corrected chi connectivity index (χ2v) is 10.3. The summed E-state index contributed by atoms with van der Waals surface area (Å²) in [6.07, 6.45) is 2.86. The Labute approximate surface area is 225 Å². The smallest absolute Gasteiger partial charge is 0.337 e. The maximum atomic E-state index is 12.9. The van der Waals surface area contributed by atoms with Gasteiger partial charge in [-0.1, -0.05) is 31.0 Å². The van der Waals surface area contributed by atoms with Crippen molar-refractivity contribution in [2.45, 2.75) is 55.9 Å². The Hall–Kier alpha value is -3.40. The molecule has 208 valence electrons. The van der Waals surface area contributed by atoms with Crippen LogP contribution in [-0.2, 0) is 4.74 Å². The molecular formula is C25H33N9O5. The first-order valence-corrected chi connectivity index (χ1v) is 13.2. The molecule has 14 heteroatoms. The first-order valence-electron chi connectivity index (χ1n) is 13.2. The molecule has 0 aromatic heterocycles. The van der Waals surface area contributed by atoms with Crippen molar-refractivity contribution in [1.29, 1.82) is 0 Å². The number of nitrogens with two attached hydrogens (primary N) is 1. The molecule has 1 unspecified atom stereocenters. The van der Waals surface area contributed by atoms with Gasteiger partial charge in [0.1, 0.15) is 30.7 Å². The Balaban J connectivity index is 1.29. The van der Waals surface area contributed by atoms with Crippen LogP contribution in [0.1, 0.15) is 25.7 Å². The zero-order chi connectivity index (χ0) is 27.1. The van der Waals surface area contributed by atoms with Gasteiger partial charge in [0.2, 0.25) is 5.96 Å². The summed E-state index contributed by atoms with van der Waals surface area (Å²) in [5.74, 6) is 0.615. The molecule has 5 atom stereocenters. The standard InChI is InChI=1S/C25H33N9O5/c26-25(15-7-4-5-8-15)20-21(32(14-27-20)22-19(37)18(36)17(13-35)39-22)29-23(30-25)33-11-6-12-34(31-33)24(38)28-16-9-2-1-3-10-16/h1-3,6,9-11,15,17-19,22,31,35-37H,4-5,7-8,12-14,26H2,(H,28,38)/t17-,18-,19-,22-,25?/m1/s1. The zero-order valence-corrected chi connectivity index (χ0v) is 21.3. The Kier molecular flexibility index (Phi) is 6.82. The van der Waals surface area contributed by atoms with Gasteiger partial charge in [0, 0.05) is 17.8 Å². The minimum absolute atomic E-state index is 0.0214. The number of amides is 2. The highest BCUT2D eigenvalue weighted by Crippen LogP contribution is 2.39. The van der Waals surface area contributed by atoms with Gasteiger partial charge in [-0.25, -0.2) is 19.8 Å². The van der Waals surface area contributed by atoms with E-state index in [1.165, 1.54) is 10.0 Å². The van der Waals surface area contributed by atoms with Crippen molar-refractivity contribution in [3.05, 3.63) is 42.6 Å². The van der Waals surface area contributed by atoms with Gasteiger partial charge in [-0.2, -0.15) is 4.99 Å². The van der Waals surface area contributed by atoms with Crippen LogP contribution < -0.4 is 16.6 Å². The van der Waals surface area contributed by atoms with E-state index in [0.717, 1.165) is 25.7 Å². The van der Waals surface area contributed by atoms with Gasteiger partial charge in [-0.3, -0.25) is 4.99 Å². The molecule has 0 spiro atoms. The third-order valence-corrected chi connectivity index (χ3v) is 7.79. The number of carbonyl (C=O) groups excluding carboxylic acids is 1. The van der Waals surface area contributed by atoms with Crippen LogP contribution in [0, 0.1) is 5.92 Å². The predicted molar refractivity (Wildman–Crippen MR) is 142 cm³/mol. The second kappa shape index (κ2) is 10.3. The Morgan fingerprint density at radius 1 is 1.21 bits per heavy atom. The maximum Gasteiger partial charge on any atom is 0.337 e. The number of aliphatic imine (C=N–C) groups is 3. The van der Waals surface area contributed by atoms with Crippen molar-refractivity contribution in [3.8, 4) is 0 Å². The van der Waals surface area contributed by atoms with Crippen molar-refractivity contribution in [1.82, 2.24) is 20.5 Å². The minimum atomic E-state index is -1.29. The van der Waals surface area contributed by atoms with E-state index in [-0.39, 0.29) is 24.6 Å². The normalized spacial score (nSPS) is 32.7. The number of nitrogens with zero attached hydrogens (tertiary/aromatic N) is 6. The fourth-order valence-electron chi connectivity index (χ4n) is 5.69. The molecule has 2 fully saturated rings. The van der Waals surface area contributed by atoms with Gasteiger partial charge < -0.3 is 36.0 Å². The average Bonchev–Trinajstić information content (AvgIpc) is 3.70. The summed E-state index contributed by atoms with van der Waals surface area (Å²) < 4.78 is 5.78. The van der Waals surface area contributed by atoms with E-state index in [4.69, 9.17) is 20.5 Å². The number of benzene rings is 1. The molecule has 4 heterocycles. The van der Waals surface area contributed by atoms with E-state index >= 15 is 0 Å². The summed E-state index contributed by atoms with van der Waals surface area (Å²) >= 11 is 0. The van der Waals surface area contributed by atoms with E-state index in [1.54, 1.807) is 29.3 Å². The van der Waals surface area contributed by atoms with E-state index < -0.39 is 36.8 Å². The van der Waals surface area contributed by atoms with Crippen molar-refractivity contribution >= 4 is 29.2 Å². The van der Waals surface area contributed by atoms with Gasteiger partial charge in [0.25, 0.3) is 0 Å². The molecule has 39 heavy (non-hydrogen) atoms. The number of anilines is 1. The Bertz CT molecular complexity index is 1220. The Morgan fingerprint density at radius 2 is 1.97 bits per heavy atom. The van der Waals surface area contributed by atoms with E-state index in [0.29, 0.717) is 23.8 Å². The lowest BCUT2D eigenvalue weighted by Gasteiger charge is -2.39. The number of para-hydroxylation sites is 1.